The first-order chi connectivity index (χ1) is 13.5. The summed E-state index contributed by atoms with van der Waals surface area (Å²) in [4.78, 5) is 21.3. The fourth-order valence-corrected chi connectivity index (χ4v) is 3.12. The minimum absolute atomic E-state index is 0.305. The number of nitrogens with zero attached hydrogens (tertiary/aromatic N) is 4. The van der Waals surface area contributed by atoms with Crippen LogP contribution < -0.4 is 5.73 Å². The lowest BCUT2D eigenvalue weighted by molar-refractivity contribution is -0.118. The summed E-state index contributed by atoms with van der Waals surface area (Å²) >= 11 is 12.1. The highest BCUT2D eigenvalue weighted by molar-refractivity contribution is 6.42. The minimum Gasteiger partial charge on any atom is -0.461 e. The lowest BCUT2D eigenvalue weighted by Crippen LogP contribution is -2.24. The van der Waals surface area contributed by atoms with Gasteiger partial charge in [-0.15, -0.1) is 0 Å². The van der Waals surface area contributed by atoms with E-state index in [-0.39, 0.29) is 0 Å². The Kier molecular flexibility index (Phi) is 4.85. The van der Waals surface area contributed by atoms with Gasteiger partial charge in [0.2, 0.25) is 5.91 Å². The highest BCUT2D eigenvalue weighted by Crippen LogP contribution is 2.31. The van der Waals surface area contributed by atoms with Crippen molar-refractivity contribution < 1.29 is 9.21 Å². The fourth-order valence-electron chi connectivity index (χ4n) is 2.81. The lowest BCUT2D eigenvalue weighted by atomic mass is 9.94. The fraction of sp³-hybridized carbons (Fsp3) is 0.0526. The van der Waals surface area contributed by atoms with Crippen LogP contribution in [0.2, 0.25) is 10.0 Å². The van der Waals surface area contributed by atoms with Gasteiger partial charge < -0.3 is 10.2 Å². The molecular weight excluding hydrogens is 401 g/mol. The van der Waals surface area contributed by atoms with Crippen molar-refractivity contribution in [3.05, 3.63) is 82.4 Å². The van der Waals surface area contributed by atoms with Crippen molar-refractivity contribution in [2.75, 3.05) is 0 Å². The van der Waals surface area contributed by atoms with Crippen molar-refractivity contribution in [1.82, 2.24) is 19.7 Å². The number of furan rings is 1. The third kappa shape index (κ3) is 3.49. The van der Waals surface area contributed by atoms with E-state index in [2.05, 4.69) is 15.1 Å². The standard InChI is InChI=1S/C19H13Cl2N5O2/c20-12-5-4-11(9-13(12)21)17(18(22)27)14-10-16(26-7-2-6-23-26)25-19(24-14)15-3-1-8-28-15/h1-10,17H,(H2,22,27). The average Bonchev–Trinajstić information content (AvgIpc) is 3.38. The van der Waals surface area contributed by atoms with Crippen molar-refractivity contribution in [3.8, 4) is 17.4 Å². The maximum Gasteiger partial charge on any atom is 0.231 e. The summed E-state index contributed by atoms with van der Waals surface area (Å²) in [6, 6.07) is 11.8. The van der Waals surface area contributed by atoms with Crippen LogP contribution in [0.15, 0.2) is 65.5 Å². The number of hydrogen-bond donors (Lipinski definition) is 1. The van der Waals surface area contributed by atoms with Gasteiger partial charge in [-0.05, 0) is 35.9 Å². The monoisotopic (exact) mass is 413 g/mol. The molecule has 0 aliphatic carbocycles. The number of primary amides is 1. The molecule has 3 aromatic heterocycles. The Morgan fingerprint density at radius 1 is 1.11 bits per heavy atom. The maximum absolute atomic E-state index is 12.3. The van der Waals surface area contributed by atoms with E-state index in [0.29, 0.717) is 38.7 Å². The molecule has 0 spiro atoms. The molecule has 1 aromatic carbocycles. The summed E-state index contributed by atoms with van der Waals surface area (Å²) in [5.41, 5.74) is 6.66. The van der Waals surface area contributed by atoms with Crippen molar-refractivity contribution in [2.24, 2.45) is 5.73 Å². The van der Waals surface area contributed by atoms with Gasteiger partial charge in [-0.1, -0.05) is 29.3 Å². The first-order valence-corrected chi connectivity index (χ1v) is 8.95. The second kappa shape index (κ2) is 7.46. The first kappa shape index (κ1) is 18.2. The van der Waals surface area contributed by atoms with Crippen LogP contribution in [-0.2, 0) is 4.79 Å². The number of amides is 1. The predicted octanol–water partition coefficient (Wildman–Crippen LogP) is 3.85. The summed E-state index contributed by atoms with van der Waals surface area (Å²) in [7, 11) is 0. The van der Waals surface area contributed by atoms with E-state index in [4.69, 9.17) is 33.4 Å². The summed E-state index contributed by atoms with van der Waals surface area (Å²) in [6.07, 6.45) is 4.87. The molecule has 9 heteroatoms. The molecule has 4 aromatic rings. The third-order valence-electron chi connectivity index (χ3n) is 4.07. The molecule has 2 N–H and O–H groups in total. The van der Waals surface area contributed by atoms with Gasteiger partial charge in [0.05, 0.1) is 22.0 Å². The van der Waals surface area contributed by atoms with Gasteiger partial charge in [-0.3, -0.25) is 4.79 Å². The first-order valence-electron chi connectivity index (χ1n) is 8.20. The Hall–Kier alpha value is -3.16. The largest absolute Gasteiger partial charge is 0.461 e. The number of carbonyl (C=O) groups excluding carboxylic acids is 1. The predicted molar refractivity (Wildman–Crippen MR) is 104 cm³/mol. The molecule has 28 heavy (non-hydrogen) atoms. The minimum atomic E-state index is -0.860. The van der Waals surface area contributed by atoms with Gasteiger partial charge in [-0.2, -0.15) is 5.10 Å². The average molecular weight is 414 g/mol. The molecule has 4 rings (SSSR count). The molecule has 1 amide bonds. The molecule has 0 saturated heterocycles. The highest BCUT2D eigenvalue weighted by Gasteiger charge is 2.25. The van der Waals surface area contributed by atoms with Crippen LogP contribution in [0.1, 0.15) is 17.2 Å². The van der Waals surface area contributed by atoms with E-state index in [1.54, 1.807) is 59.5 Å². The van der Waals surface area contributed by atoms with E-state index >= 15 is 0 Å². The lowest BCUT2D eigenvalue weighted by Gasteiger charge is -2.16. The molecule has 140 valence electrons. The molecule has 1 unspecified atom stereocenters. The topological polar surface area (TPSA) is 99.8 Å². The summed E-state index contributed by atoms with van der Waals surface area (Å²) in [5.74, 6) is -0.227. The molecular formula is C19H13Cl2N5O2. The number of halogens is 2. The zero-order valence-corrected chi connectivity index (χ0v) is 15.8. The van der Waals surface area contributed by atoms with Gasteiger partial charge >= 0.3 is 0 Å². The number of aromatic nitrogens is 4. The maximum atomic E-state index is 12.3. The van der Waals surface area contributed by atoms with E-state index in [1.807, 2.05) is 0 Å². The number of rotatable bonds is 5. The number of nitrogens with two attached hydrogens (primary N) is 1. The summed E-state index contributed by atoms with van der Waals surface area (Å²) < 4.78 is 6.98. The Morgan fingerprint density at radius 2 is 1.96 bits per heavy atom. The van der Waals surface area contributed by atoms with Gasteiger partial charge in [0, 0.05) is 18.5 Å². The summed E-state index contributed by atoms with van der Waals surface area (Å²) in [5, 5.41) is 4.89. The zero-order chi connectivity index (χ0) is 19.7. The van der Waals surface area contributed by atoms with Gasteiger partial charge in [0.1, 0.15) is 5.92 Å². The van der Waals surface area contributed by atoms with Crippen LogP contribution in [-0.4, -0.2) is 25.7 Å². The van der Waals surface area contributed by atoms with Crippen LogP contribution in [0, 0.1) is 0 Å². The second-order valence-electron chi connectivity index (χ2n) is 5.91. The highest BCUT2D eigenvalue weighted by atomic mass is 35.5. The van der Waals surface area contributed by atoms with E-state index in [9.17, 15) is 4.79 Å². The second-order valence-corrected chi connectivity index (χ2v) is 6.73. The molecule has 3 heterocycles. The molecule has 0 radical (unpaired) electrons. The SMILES string of the molecule is NC(=O)C(c1ccc(Cl)c(Cl)c1)c1cc(-n2cccn2)nc(-c2ccco2)n1. The number of hydrogen-bond acceptors (Lipinski definition) is 5. The van der Waals surface area contributed by atoms with Gasteiger partial charge in [-0.25, -0.2) is 14.6 Å². The molecule has 0 aliphatic heterocycles. The number of carbonyl (C=O) groups is 1. The summed E-state index contributed by atoms with van der Waals surface area (Å²) in [6.45, 7) is 0. The Bertz CT molecular complexity index is 1070. The molecule has 0 fully saturated rings. The Balaban J connectivity index is 1.90. The molecule has 7 nitrogen and oxygen atoms in total. The molecule has 0 aliphatic rings. The van der Waals surface area contributed by atoms with Crippen molar-refractivity contribution in [1.29, 1.82) is 0 Å². The van der Waals surface area contributed by atoms with E-state index in [1.165, 1.54) is 6.26 Å². The van der Waals surface area contributed by atoms with Crippen LogP contribution >= 0.6 is 23.2 Å². The Morgan fingerprint density at radius 3 is 2.61 bits per heavy atom. The normalized spacial score (nSPS) is 12.1. The van der Waals surface area contributed by atoms with E-state index < -0.39 is 11.8 Å². The molecule has 1 atom stereocenters. The van der Waals surface area contributed by atoms with Crippen molar-refractivity contribution >= 4 is 29.1 Å². The number of benzene rings is 1. The van der Waals surface area contributed by atoms with E-state index in [0.717, 1.165) is 0 Å². The quantitative estimate of drug-likeness (QED) is 0.535. The van der Waals surface area contributed by atoms with Gasteiger partial charge in [0.25, 0.3) is 0 Å². The van der Waals surface area contributed by atoms with Crippen LogP contribution in [0.3, 0.4) is 0 Å². The zero-order valence-electron chi connectivity index (χ0n) is 14.3. The third-order valence-corrected chi connectivity index (χ3v) is 4.81. The van der Waals surface area contributed by atoms with Crippen LogP contribution in [0.5, 0.6) is 0 Å². The molecule has 0 bridgehead atoms. The van der Waals surface area contributed by atoms with Crippen LogP contribution in [0.25, 0.3) is 17.4 Å². The van der Waals surface area contributed by atoms with Gasteiger partial charge in [0.15, 0.2) is 17.4 Å². The Labute approximate surface area is 169 Å². The molecule has 0 saturated carbocycles. The van der Waals surface area contributed by atoms with Crippen LogP contribution in [0.4, 0.5) is 0 Å². The van der Waals surface area contributed by atoms with Crippen molar-refractivity contribution in [3.63, 3.8) is 0 Å². The smallest absolute Gasteiger partial charge is 0.231 e. The van der Waals surface area contributed by atoms with Crippen molar-refractivity contribution in [2.45, 2.75) is 5.92 Å².